The first-order chi connectivity index (χ1) is 8.24. The van der Waals surface area contributed by atoms with Crippen molar-refractivity contribution in [2.24, 2.45) is 5.73 Å². The Morgan fingerprint density at radius 1 is 1.29 bits per heavy atom. The van der Waals surface area contributed by atoms with Crippen molar-refractivity contribution in [1.82, 2.24) is 4.98 Å². The molecular weight excluding hydrogens is 230 g/mol. The van der Waals surface area contributed by atoms with Crippen LogP contribution in [0.15, 0.2) is 29.6 Å². The fourth-order valence-electron chi connectivity index (χ4n) is 2.10. The van der Waals surface area contributed by atoms with Crippen LogP contribution in [0.1, 0.15) is 29.8 Å². The van der Waals surface area contributed by atoms with Gasteiger partial charge in [-0.3, -0.25) is 0 Å². The number of aromatic nitrogens is 1. The van der Waals surface area contributed by atoms with Crippen molar-refractivity contribution < 1.29 is 0 Å². The van der Waals surface area contributed by atoms with E-state index in [1.54, 1.807) is 11.3 Å². The minimum Gasteiger partial charge on any atom is -0.339 e. The summed E-state index contributed by atoms with van der Waals surface area (Å²) in [7, 11) is 0. The highest BCUT2D eigenvalue weighted by Gasteiger charge is 2.21. The van der Waals surface area contributed by atoms with E-state index in [1.165, 1.54) is 11.1 Å². The second-order valence-corrected chi connectivity index (χ2v) is 5.30. The lowest BCUT2D eigenvalue weighted by Gasteiger charge is -2.13. The molecule has 0 aliphatic carbocycles. The number of benzene rings is 1. The second kappa shape index (κ2) is 4.13. The number of nitrogens with zero attached hydrogens (tertiary/aromatic N) is 2. The predicted octanol–water partition coefficient (Wildman–Crippen LogP) is 2.68. The summed E-state index contributed by atoms with van der Waals surface area (Å²) >= 11 is 1.68. The Bertz CT molecular complexity index is 508. The Hall–Kier alpha value is -1.39. The SMILES string of the molecule is CC(N)c1csc(N2Cc3ccccc3C2)n1. The second-order valence-electron chi connectivity index (χ2n) is 4.47. The number of nitrogens with two attached hydrogens (primary N) is 1. The molecule has 3 nitrogen and oxygen atoms in total. The van der Waals surface area contributed by atoms with Crippen LogP contribution in [0.2, 0.25) is 0 Å². The quantitative estimate of drug-likeness (QED) is 0.884. The Labute approximate surface area is 105 Å². The van der Waals surface area contributed by atoms with Gasteiger partial charge in [-0.05, 0) is 18.1 Å². The summed E-state index contributed by atoms with van der Waals surface area (Å²) in [6, 6.07) is 8.59. The van der Waals surface area contributed by atoms with E-state index in [9.17, 15) is 0 Å². The largest absolute Gasteiger partial charge is 0.339 e. The molecule has 1 aliphatic heterocycles. The fraction of sp³-hybridized carbons (Fsp3) is 0.308. The molecule has 3 rings (SSSR count). The Morgan fingerprint density at radius 2 is 1.94 bits per heavy atom. The summed E-state index contributed by atoms with van der Waals surface area (Å²) in [5.41, 5.74) is 9.64. The molecule has 2 N–H and O–H groups in total. The molecule has 0 fully saturated rings. The molecule has 0 amide bonds. The molecule has 2 heterocycles. The van der Waals surface area contributed by atoms with Crippen LogP contribution in [0, 0.1) is 0 Å². The van der Waals surface area contributed by atoms with Crippen LogP contribution in [0.3, 0.4) is 0 Å². The third-order valence-corrected chi connectivity index (χ3v) is 4.01. The van der Waals surface area contributed by atoms with Gasteiger partial charge in [-0.15, -0.1) is 11.3 Å². The third-order valence-electron chi connectivity index (χ3n) is 3.09. The first kappa shape index (κ1) is 10.7. The molecule has 1 unspecified atom stereocenters. The van der Waals surface area contributed by atoms with Crippen LogP contribution in [-0.2, 0) is 13.1 Å². The van der Waals surface area contributed by atoms with Gasteiger partial charge in [0.15, 0.2) is 5.13 Å². The predicted molar refractivity (Wildman–Crippen MR) is 71.0 cm³/mol. The zero-order chi connectivity index (χ0) is 11.8. The standard InChI is InChI=1S/C13H15N3S/c1-9(14)12-8-17-13(15-12)16-6-10-4-2-3-5-11(10)7-16/h2-5,8-9H,6-7,14H2,1H3. The summed E-state index contributed by atoms with van der Waals surface area (Å²) in [6.45, 7) is 3.89. The molecule has 1 aliphatic rings. The number of hydrogen-bond donors (Lipinski definition) is 1. The van der Waals surface area contributed by atoms with Crippen molar-refractivity contribution in [3.8, 4) is 0 Å². The van der Waals surface area contributed by atoms with Gasteiger partial charge in [-0.2, -0.15) is 0 Å². The van der Waals surface area contributed by atoms with Crippen molar-refractivity contribution in [1.29, 1.82) is 0 Å². The average Bonchev–Trinajstić information content (AvgIpc) is 2.95. The number of anilines is 1. The molecule has 2 aromatic rings. The van der Waals surface area contributed by atoms with Crippen LogP contribution in [-0.4, -0.2) is 4.98 Å². The van der Waals surface area contributed by atoms with E-state index in [4.69, 9.17) is 5.73 Å². The highest BCUT2D eigenvalue weighted by molar-refractivity contribution is 7.13. The maximum atomic E-state index is 5.84. The third kappa shape index (κ3) is 1.94. The number of fused-ring (bicyclic) bond motifs is 1. The molecule has 1 aromatic carbocycles. The van der Waals surface area contributed by atoms with E-state index < -0.39 is 0 Å². The van der Waals surface area contributed by atoms with Crippen molar-refractivity contribution in [2.75, 3.05) is 4.90 Å². The summed E-state index contributed by atoms with van der Waals surface area (Å²) in [4.78, 5) is 6.90. The van der Waals surface area contributed by atoms with Crippen molar-refractivity contribution in [3.05, 3.63) is 46.5 Å². The van der Waals surface area contributed by atoms with E-state index in [1.807, 2.05) is 6.92 Å². The van der Waals surface area contributed by atoms with Crippen LogP contribution >= 0.6 is 11.3 Å². The molecule has 0 spiro atoms. The van der Waals surface area contributed by atoms with Gasteiger partial charge in [0.25, 0.3) is 0 Å². The molecule has 1 aromatic heterocycles. The molecule has 0 radical (unpaired) electrons. The smallest absolute Gasteiger partial charge is 0.186 e. The molecule has 1 atom stereocenters. The first-order valence-corrected chi connectivity index (χ1v) is 6.65. The minimum absolute atomic E-state index is 0.0185. The molecule has 88 valence electrons. The molecular formula is C13H15N3S. The highest BCUT2D eigenvalue weighted by Crippen LogP contribution is 2.31. The molecule has 4 heteroatoms. The summed E-state index contributed by atoms with van der Waals surface area (Å²) in [5.74, 6) is 0. The number of rotatable bonds is 2. The number of hydrogen-bond acceptors (Lipinski definition) is 4. The lowest BCUT2D eigenvalue weighted by molar-refractivity contribution is 0.779. The van der Waals surface area contributed by atoms with Gasteiger partial charge in [0.1, 0.15) is 0 Å². The van der Waals surface area contributed by atoms with Crippen LogP contribution < -0.4 is 10.6 Å². The van der Waals surface area contributed by atoms with Crippen LogP contribution in [0.5, 0.6) is 0 Å². The van der Waals surface area contributed by atoms with Crippen molar-refractivity contribution in [2.45, 2.75) is 26.1 Å². The molecule has 0 saturated heterocycles. The highest BCUT2D eigenvalue weighted by atomic mass is 32.1. The van der Waals surface area contributed by atoms with Crippen LogP contribution in [0.4, 0.5) is 5.13 Å². The van der Waals surface area contributed by atoms with E-state index in [-0.39, 0.29) is 6.04 Å². The topological polar surface area (TPSA) is 42.1 Å². The normalized spacial score (nSPS) is 16.0. The van der Waals surface area contributed by atoms with Gasteiger partial charge in [-0.1, -0.05) is 24.3 Å². The van der Waals surface area contributed by atoms with E-state index in [0.717, 1.165) is 23.9 Å². The van der Waals surface area contributed by atoms with E-state index in [2.05, 4.69) is 39.5 Å². The van der Waals surface area contributed by atoms with Gasteiger partial charge >= 0.3 is 0 Å². The van der Waals surface area contributed by atoms with Gasteiger partial charge in [0, 0.05) is 24.5 Å². The van der Waals surface area contributed by atoms with Crippen molar-refractivity contribution >= 4 is 16.5 Å². The Morgan fingerprint density at radius 3 is 2.47 bits per heavy atom. The number of thiazole rings is 1. The average molecular weight is 245 g/mol. The maximum absolute atomic E-state index is 5.84. The lowest BCUT2D eigenvalue weighted by Crippen LogP contribution is -2.14. The van der Waals surface area contributed by atoms with E-state index in [0.29, 0.717) is 0 Å². The molecule has 0 saturated carbocycles. The Kier molecular flexibility index (Phi) is 2.61. The summed E-state index contributed by atoms with van der Waals surface area (Å²) in [5, 5.41) is 3.14. The molecule has 0 bridgehead atoms. The fourth-order valence-corrected chi connectivity index (χ4v) is 3.03. The Balaban J connectivity index is 1.84. The van der Waals surface area contributed by atoms with Crippen molar-refractivity contribution in [3.63, 3.8) is 0 Å². The lowest BCUT2D eigenvalue weighted by atomic mass is 10.1. The van der Waals surface area contributed by atoms with E-state index >= 15 is 0 Å². The summed E-state index contributed by atoms with van der Waals surface area (Å²) in [6.07, 6.45) is 0. The zero-order valence-corrected chi connectivity index (χ0v) is 10.6. The van der Waals surface area contributed by atoms with Gasteiger partial charge in [0.2, 0.25) is 0 Å². The van der Waals surface area contributed by atoms with Gasteiger partial charge in [0.05, 0.1) is 5.69 Å². The van der Waals surface area contributed by atoms with Gasteiger partial charge < -0.3 is 10.6 Å². The minimum atomic E-state index is 0.0185. The monoisotopic (exact) mass is 245 g/mol. The van der Waals surface area contributed by atoms with Crippen LogP contribution in [0.25, 0.3) is 0 Å². The first-order valence-electron chi connectivity index (χ1n) is 5.77. The molecule has 17 heavy (non-hydrogen) atoms. The maximum Gasteiger partial charge on any atom is 0.186 e. The zero-order valence-electron chi connectivity index (χ0n) is 9.76. The summed E-state index contributed by atoms with van der Waals surface area (Å²) < 4.78 is 0. The van der Waals surface area contributed by atoms with Gasteiger partial charge in [-0.25, -0.2) is 4.98 Å².